The molecule has 0 amide bonds. The molecule has 0 aliphatic carbocycles. The van der Waals surface area contributed by atoms with Gasteiger partial charge in [-0.2, -0.15) is 0 Å². The maximum atomic E-state index is 3.08. The summed E-state index contributed by atoms with van der Waals surface area (Å²) in [6.45, 7) is 2.26. The third kappa shape index (κ3) is 6.44. The van der Waals surface area contributed by atoms with Crippen molar-refractivity contribution in [1.29, 1.82) is 0 Å². The predicted octanol–water partition coefficient (Wildman–Crippen LogP) is 5.25. The van der Waals surface area contributed by atoms with Crippen LogP contribution in [0.1, 0.15) is 57.4 Å². The highest BCUT2D eigenvalue weighted by Gasteiger charge is 1.88. The molecule has 1 aromatic carbocycles. The van der Waals surface area contributed by atoms with Crippen LogP contribution in [0.3, 0.4) is 0 Å². The van der Waals surface area contributed by atoms with Crippen molar-refractivity contribution in [3.05, 3.63) is 42.0 Å². The van der Waals surface area contributed by atoms with Gasteiger partial charge in [0.2, 0.25) is 0 Å². The third-order valence-corrected chi connectivity index (χ3v) is 2.77. The van der Waals surface area contributed by atoms with Crippen LogP contribution in [0.2, 0.25) is 0 Å². The van der Waals surface area contributed by atoms with Crippen LogP contribution >= 0.6 is 0 Å². The zero-order chi connectivity index (χ0) is 11.5. The minimum atomic E-state index is 1.21. The molecule has 0 aliphatic heterocycles. The minimum Gasteiger partial charge on any atom is -0.0839 e. The van der Waals surface area contributed by atoms with E-state index in [4.69, 9.17) is 0 Å². The molecule has 0 saturated carbocycles. The van der Waals surface area contributed by atoms with E-state index in [1.54, 1.807) is 0 Å². The van der Waals surface area contributed by atoms with E-state index in [1.807, 2.05) is 18.2 Å². The van der Waals surface area contributed by atoms with E-state index in [2.05, 4.69) is 31.2 Å². The number of hydrogen-bond acceptors (Lipinski definition) is 0. The lowest BCUT2D eigenvalue weighted by Crippen LogP contribution is -1.77. The second kappa shape index (κ2) is 9.21. The van der Waals surface area contributed by atoms with Gasteiger partial charge in [-0.3, -0.25) is 0 Å². The Morgan fingerprint density at radius 1 is 1.12 bits per heavy atom. The van der Waals surface area contributed by atoms with Gasteiger partial charge in [-0.15, -0.1) is 0 Å². The van der Waals surface area contributed by atoms with Gasteiger partial charge in [-0.1, -0.05) is 69.4 Å². The van der Waals surface area contributed by atoms with Crippen LogP contribution in [0, 0.1) is 6.07 Å². The van der Waals surface area contributed by atoms with Crippen molar-refractivity contribution in [2.75, 3.05) is 0 Å². The van der Waals surface area contributed by atoms with Crippen molar-refractivity contribution in [2.24, 2.45) is 0 Å². The van der Waals surface area contributed by atoms with E-state index in [-0.39, 0.29) is 0 Å². The van der Waals surface area contributed by atoms with Crippen LogP contribution in [0.5, 0.6) is 0 Å². The van der Waals surface area contributed by atoms with Crippen LogP contribution in [0.25, 0.3) is 6.08 Å². The largest absolute Gasteiger partial charge is 0.0839 e. The summed E-state index contributed by atoms with van der Waals surface area (Å²) < 4.78 is 0. The monoisotopic (exact) mass is 215 g/mol. The Hall–Kier alpha value is -1.04. The summed E-state index contributed by atoms with van der Waals surface area (Å²) in [6, 6.07) is 11.2. The SMILES string of the molecule is CCCCCCCCC=Cc1c[c]ccc1. The molecule has 0 spiro atoms. The standard InChI is InChI=1S/C16H23/c1-2-3-4-5-6-7-8-10-13-16-14-11-9-12-15-16/h9-11,13-15H,2-8H2,1H3. The number of unbranched alkanes of at least 4 members (excludes halogenated alkanes) is 6. The van der Waals surface area contributed by atoms with Crippen LogP contribution in [-0.4, -0.2) is 0 Å². The summed E-state index contributed by atoms with van der Waals surface area (Å²) in [7, 11) is 0. The van der Waals surface area contributed by atoms with Crippen LogP contribution < -0.4 is 0 Å². The van der Waals surface area contributed by atoms with E-state index in [9.17, 15) is 0 Å². The number of benzene rings is 1. The van der Waals surface area contributed by atoms with Crippen molar-refractivity contribution < 1.29 is 0 Å². The van der Waals surface area contributed by atoms with Gasteiger partial charge in [0.05, 0.1) is 0 Å². The second-order valence-electron chi connectivity index (χ2n) is 4.30. The van der Waals surface area contributed by atoms with Gasteiger partial charge in [0.25, 0.3) is 0 Å². The summed E-state index contributed by atoms with van der Waals surface area (Å²) in [4.78, 5) is 0. The fourth-order valence-corrected chi connectivity index (χ4v) is 1.77. The molecule has 0 heterocycles. The Morgan fingerprint density at radius 3 is 2.69 bits per heavy atom. The molecule has 16 heavy (non-hydrogen) atoms. The molecule has 0 fully saturated rings. The van der Waals surface area contributed by atoms with E-state index < -0.39 is 0 Å². The predicted molar refractivity (Wildman–Crippen MR) is 72.3 cm³/mol. The molecular formula is C16H23. The summed E-state index contributed by atoms with van der Waals surface area (Å²) in [5, 5.41) is 0. The smallest absolute Gasteiger partial charge is 0.0178 e. The van der Waals surface area contributed by atoms with Gasteiger partial charge in [-0.05, 0) is 30.5 Å². The molecule has 0 saturated heterocycles. The molecule has 0 N–H and O–H groups in total. The highest BCUT2D eigenvalue weighted by molar-refractivity contribution is 5.48. The molecule has 1 rings (SSSR count). The van der Waals surface area contributed by atoms with E-state index in [0.717, 1.165) is 0 Å². The van der Waals surface area contributed by atoms with E-state index in [0.29, 0.717) is 0 Å². The summed E-state index contributed by atoms with van der Waals surface area (Å²) in [5.74, 6) is 0. The van der Waals surface area contributed by atoms with Crippen molar-refractivity contribution in [1.82, 2.24) is 0 Å². The Balaban J connectivity index is 2.01. The quantitative estimate of drug-likeness (QED) is 0.519. The molecule has 0 heteroatoms. The fraction of sp³-hybridized carbons (Fsp3) is 0.500. The number of hydrogen-bond donors (Lipinski definition) is 0. The fourth-order valence-electron chi connectivity index (χ4n) is 1.77. The van der Waals surface area contributed by atoms with E-state index in [1.165, 1.54) is 50.5 Å². The topological polar surface area (TPSA) is 0 Å². The molecule has 0 bridgehead atoms. The van der Waals surface area contributed by atoms with Crippen molar-refractivity contribution in [2.45, 2.75) is 51.9 Å². The Morgan fingerprint density at radius 2 is 1.94 bits per heavy atom. The lowest BCUT2D eigenvalue weighted by atomic mass is 10.1. The van der Waals surface area contributed by atoms with Gasteiger partial charge < -0.3 is 0 Å². The molecule has 87 valence electrons. The molecule has 1 radical (unpaired) electrons. The van der Waals surface area contributed by atoms with Crippen LogP contribution in [-0.2, 0) is 0 Å². The average molecular weight is 215 g/mol. The van der Waals surface area contributed by atoms with Gasteiger partial charge >= 0.3 is 0 Å². The first-order valence-electron chi connectivity index (χ1n) is 6.56. The van der Waals surface area contributed by atoms with E-state index >= 15 is 0 Å². The van der Waals surface area contributed by atoms with Crippen molar-refractivity contribution in [3.63, 3.8) is 0 Å². The summed E-state index contributed by atoms with van der Waals surface area (Å²) in [5.41, 5.74) is 1.26. The van der Waals surface area contributed by atoms with Crippen LogP contribution in [0.15, 0.2) is 30.3 Å². The number of allylic oxidation sites excluding steroid dienone is 1. The molecule has 0 nitrogen and oxygen atoms in total. The first-order valence-corrected chi connectivity index (χ1v) is 6.56. The minimum absolute atomic E-state index is 1.21. The Kier molecular flexibility index (Phi) is 7.49. The first kappa shape index (κ1) is 13.0. The molecule has 0 unspecified atom stereocenters. The maximum absolute atomic E-state index is 3.08. The van der Waals surface area contributed by atoms with Gasteiger partial charge in [0.1, 0.15) is 0 Å². The molecular weight excluding hydrogens is 192 g/mol. The first-order chi connectivity index (χ1) is 7.93. The lowest BCUT2D eigenvalue weighted by Gasteiger charge is -1.97. The molecule has 1 aromatic rings. The Labute approximate surface area is 100 Å². The normalized spacial score (nSPS) is 11.1. The number of rotatable bonds is 8. The summed E-state index contributed by atoms with van der Waals surface area (Å²) >= 11 is 0. The molecule has 0 atom stereocenters. The highest BCUT2D eigenvalue weighted by Crippen LogP contribution is 2.08. The second-order valence-corrected chi connectivity index (χ2v) is 4.30. The van der Waals surface area contributed by atoms with Gasteiger partial charge in [0.15, 0.2) is 0 Å². The lowest BCUT2D eigenvalue weighted by molar-refractivity contribution is 0.611. The van der Waals surface area contributed by atoms with Crippen molar-refractivity contribution >= 4 is 6.08 Å². The summed E-state index contributed by atoms with van der Waals surface area (Å²) in [6.07, 6.45) is 13.9. The highest BCUT2D eigenvalue weighted by atomic mass is 13.9. The maximum Gasteiger partial charge on any atom is -0.0178 e. The molecule has 0 aromatic heterocycles. The van der Waals surface area contributed by atoms with Gasteiger partial charge in [-0.25, -0.2) is 0 Å². The zero-order valence-corrected chi connectivity index (χ0v) is 10.4. The third-order valence-electron chi connectivity index (χ3n) is 2.77. The van der Waals surface area contributed by atoms with Crippen LogP contribution in [0.4, 0.5) is 0 Å². The zero-order valence-electron chi connectivity index (χ0n) is 10.4. The average Bonchev–Trinajstić information content (AvgIpc) is 2.34. The van der Waals surface area contributed by atoms with Crippen molar-refractivity contribution in [3.8, 4) is 0 Å². The Bertz CT molecular complexity index is 271. The molecule has 0 aliphatic rings. The van der Waals surface area contributed by atoms with Gasteiger partial charge in [0, 0.05) is 0 Å².